The number of β-amino-alcohol motifs (C(OH)–C–C–N with tert-alkyl or cyclic N) is 1. The number of amides is 1. The number of sulfonamides is 1. The molecule has 2 N–H and O–H groups in total. The van der Waals surface area contributed by atoms with Crippen molar-refractivity contribution in [1.82, 2.24) is 9.62 Å². The molecule has 1 saturated heterocycles. The van der Waals surface area contributed by atoms with Crippen molar-refractivity contribution in [1.29, 1.82) is 0 Å². The zero-order valence-corrected chi connectivity index (χ0v) is 19.2. The van der Waals surface area contributed by atoms with Crippen LogP contribution >= 0.6 is 11.3 Å². The summed E-state index contributed by atoms with van der Waals surface area (Å²) >= 11 is 1.44. The summed E-state index contributed by atoms with van der Waals surface area (Å²) in [4.78, 5) is 13.4. The molecular weight excluding hydrogens is 424 g/mol. The number of aliphatic hydroxyl groups excluding tert-OH is 1. The Morgan fingerprint density at radius 3 is 2.47 bits per heavy atom. The maximum atomic E-state index is 13.1. The van der Waals surface area contributed by atoms with Crippen molar-refractivity contribution in [2.45, 2.75) is 50.3 Å². The van der Waals surface area contributed by atoms with Gasteiger partial charge in [-0.2, -0.15) is 4.31 Å². The summed E-state index contributed by atoms with van der Waals surface area (Å²) < 4.78 is 32.8. The highest BCUT2D eigenvalue weighted by molar-refractivity contribution is 7.89. The Bertz CT molecular complexity index is 966. The minimum Gasteiger partial charge on any atom is -0.444 e. The number of carbonyl (C=O) groups excluding carboxylic acids is 1. The fourth-order valence-electron chi connectivity index (χ4n) is 3.45. The number of hydrogen-bond acceptors (Lipinski definition) is 6. The highest BCUT2D eigenvalue weighted by atomic mass is 32.2. The highest BCUT2D eigenvalue weighted by Crippen LogP contribution is 2.35. The van der Waals surface area contributed by atoms with E-state index in [9.17, 15) is 18.3 Å². The van der Waals surface area contributed by atoms with Gasteiger partial charge in [0.2, 0.25) is 10.0 Å². The van der Waals surface area contributed by atoms with Gasteiger partial charge in [0.25, 0.3) is 0 Å². The summed E-state index contributed by atoms with van der Waals surface area (Å²) in [6.45, 7) is 7.27. The normalized spacial score (nSPS) is 21.4. The Balaban J connectivity index is 1.83. The molecule has 1 aromatic heterocycles. The van der Waals surface area contributed by atoms with Crippen molar-refractivity contribution >= 4 is 27.5 Å². The molecule has 0 saturated carbocycles. The molecule has 0 radical (unpaired) electrons. The van der Waals surface area contributed by atoms with E-state index in [1.807, 2.05) is 24.4 Å². The van der Waals surface area contributed by atoms with Gasteiger partial charge >= 0.3 is 6.09 Å². The molecule has 1 aliphatic heterocycles. The zero-order valence-electron chi connectivity index (χ0n) is 17.5. The van der Waals surface area contributed by atoms with Crippen LogP contribution in [0.5, 0.6) is 0 Å². The minimum absolute atomic E-state index is 0.0290. The smallest absolute Gasteiger partial charge is 0.408 e. The number of rotatable bonds is 5. The molecule has 2 aromatic rings. The standard InChI is InChI=1S/C21H28N2O5S2/c1-14-7-9-15(10-8-14)30(26,27)23-12-16(17(24)13-23)19(18-6-5-11-29-18)22-20(25)28-21(2,3)4/h5-11,16-17,19,24H,12-13H2,1-4H3,(H,22,25)/t16-,17+,19+/m0/s1. The number of alkyl carbamates (subject to hydrolysis) is 1. The van der Waals surface area contributed by atoms with Crippen LogP contribution in [0.1, 0.15) is 37.3 Å². The van der Waals surface area contributed by atoms with E-state index in [0.717, 1.165) is 10.4 Å². The monoisotopic (exact) mass is 452 g/mol. The molecule has 0 aliphatic carbocycles. The van der Waals surface area contributed by atoms with Gasteiger partial charge in [0, 0.05) is 23.9 Å². The lowest BCUT2D eigenvalue weighted by Gasteiger charge is -2.28. The molecule has 1 fully saturated rings. The second-order valence-corrected chi connectivity index (χ2v) is 11.4. The van der Waals surface area contributed by atoms with Crippen molar-refractivity contribution in [2.75, 3.05) is 13.1 Å². The number of benzene rings is 1. The third-order valence-electron chi connectivity index (χ3n) is 4.91. The molecule has 1 aromatic carbocycles. The summed E-state index contributed by atoms with van der Waals surface area (Å²) in [6, 6.07) is 9.78. The van der Waals surface area contributed by atoms with Gasteiger partial charge in [-0.15, -0.1) is 11.3 Å². The number of thiophene rings is 1. The number of ether oxygens (including phenoxy) is 1. The summed E-state index contributed by atoms with van der Waals surface area (Å²) in [5.41, 5.74) is 0.298. The third-order valence-corrected chi connectivity index (χ3v) is 7.71. The van der Waals surface area contributed by atoms with E-state index in [4.69, 9.17) is 4.74 Å². The van der Waals surface area contributed by atoms with E-state index in [1.54, 1.807) is 45.0 Å². The van der Waals surface area contributed by atoms with Crippen LogP contribution < -0.4 is 5.32 Å². The average molecular weight is 453 g/mol. The summed E-state index contributed by atoms with van der Waals surface area (Å²) in [5.74, 6) is -0.503. The van der Waals surface area contributed by atoms with E-state index in [-0.39, 0.29) is 18.0 Å². The Labute approximate surface area is 181 Å². The van der Waals surface area contributed by atoms with Crippen LogP contribution in [0.3, 0.4) is 0 Å². The molecule has 1 amide bonds. The highest BCUT2D eigenvalue weighted by Gasteiger charge is 2.43. The first-order valence-electron chi connectivity index (χ1n) is 9.75. The van der Waals surface area contributed by atoms with Gasteiger partial charge in [-0.25, -0.2) is 13.2 Å². The van der Waals surface area contributed by atoms with Crippen LogP contribution in [-0.2, 0) is 14.8 Å². The Kier molecular flexibility index (Phi) is 6.57. The quantitative estimate of drug-likeness (QED) is 0.726. The molecule has 1 aliphatic rings. The van der Waals surface area contributed by atoms with Crippen LogP contribution in [0.4, 0.5) is 4.79 Å². The molecule has 3 atom stereocenters. The van der Waals surface area contributed by atoms with Crippen molar-refractivity contribution < 1.29 is 23.1 Å². The summed E-state index contributed by atoms with van der Waals surface area (Å²) in [5, 5.41) is 15.4. The Hall–Kier alpha value is -1.94. The molecule has 164 valence electrons. The Morgan fingerprint density at radius 2 is 1.90 bits per heavy atom. The predicted molar refractivity (Wildman–Crippen MR) is 116 cm³/mol. The lowest BCUT2D eigenvalue weighted by molar-refractivity contribution is 0.0453. The van der Waals surface area contributed by atoms with E-state index >= 15 is 0 Å². The average Bonchev–Trinajstić information content (AvgIpc) is 3.29. The van der Waals surface area contributed by atoms with E-state index < -0.39 is 39.8 Å². The topological polar surface area (TPSA) is 95.9 Å². The SMILES string of the molecule is Cc1ccc(S(=O)(=O)N2C[C@H]([C@@H](NC(=O)OC(C)(C)C)c3cccs3)[C@H](O)C2)cc1. The summed E-state index contributed by atoms with van der Waals surface area (Å²) in [7, 11) is -3.75. The molecule has 0 unspecified atom stereocenters. The van der Waals surface area contributed by atoms with Crippen LogP contribution in [0.25, 0.3) is 0 Å². The van der Waals surface area contributed by atoms with Crippen molar-refractivity contribution in [3.05, 3.63) is 52.2 Å². The summed E-state index contributed by atoms with van der Waals surface area (Å²) in [6.07, 6.45) is -1.53. The molecule has 9 heteroatoms. The van der Waals surface area contributed by atoms with Crippen LogP contribution in [0.15, 0.2) is 46.7 Å². The molecule has 3 rings (SSSR count). The van der Waals surface area contributed by atoms with Gasteiger partial charge in [0.05, 0.1) is 17.0 Å². The number of nitrogens with one attached hydrogen (secondary N) is 1. The predicted octanol–water partition coefficient (Wildman–Crippen LogP) is 3.30. The second kappa shape index (κ2) is 8.66. The second-order valence-electron chi connectivity index (χ2n) is 8.51. The third kappa shape index (κ3) is 5.21. The van der Waals surface area contributed by atoms with Gasteiger partial charge in [0.15, 0.2) is 0 Å². The lowest BCUT2D eigenvalue weighted by Crippen LogP contribution is -2.40. The first-order chi connectivity index (χ1) is 14.0. The van der Waals surface area contributed by atoms with Gasteiger partial charge in [-0.3, -0.25) is 0 Å². The molecule has 0 spiro atoms. The number of nitrogens with zero attached hydrogens (tertiary/aromatic N) is 1. The number of hydrogen-bond donors (Lipinski definition) is 2. The van der Waals surface area contributed by atoms with E-state index in [0.29, 0.717) is 0 Å². The molecule has 2 heterocycles. The van der Waals surface area contributed by atoms with Gasteiger partial charge < -0.3 is 15.2 Å². The van der Waals surface area contributed by atoms with Crippen LogP contribution in [-0.4, -0.2) is 48.7 Å². The van der Waals surface area contributed by atoms with Crippen molar-refractivity contribution in [2.24, 2.45) is 5.92 Å². The van der Waals surface area contributed by atoms with Gasteiger partial charge in [-0.1, -0.05) is 23.8 Å². The van der Waals surface area contributed by atoms with Crippen LogP contribution in [0, 0.1) is 12.8 Å². The molecular formula is C21H28N2O5S2. The largest absolute Gasteiger partial charge is 0.444 e. The van der Waals surface area contributed by atoms with Gasteiger partial charge in [0.1, 0.15) is 5.60 Å². The maximum Gasteiger partial charge on any atom is 0.408 e. The van der Waals surface area contributed by atoms with Crippen LogP contribution in [0.2, 0.25) is 0 Å². The molecule has 30 heavy (non-hydrogen) atoms. The minimum atomic E-state index is -3.75. The fourth-order valence-corrected chi connectivity index (χ4v) is 5.80. The lowest BCUT2D eigenvalue weighted by atomic mass is 9.95. The van der Waals surface area contributed by atoms with E-state index in [2.05, 4.69) is 5.32 Å². The first kappa shape index (κ1) is 22.7. The number of aryl methyl sites for hydroxylation is 1. The number of carbonyl (C=O) groups is 1. The molecule has 7 nitrogen and oxygen atoms in total. The van der Waals surface area contributed by atoms with Crippen molar-refractivity contribution in [3.63, 3.8) is 0 Å². The first-order valence-corrected chi connectivity index (χ1v) is 12.1. The van der Waals surface area contributed by atoms with Gasteiger partial charge in [-0.05, 0) is 51.3 Å². The van der Waals surface area contributed by atoms with E-state index in [1.165, 1.54) is 15.6 Å². The molecule has 0 bridgehead atoms. The zero-order chi connectivity index (χ0) is 22.1. The number of aliphatic hydroxyl groups is 1. The van der Waals surface area contributed by atoms with Crippen molar-refractivity contribution in [3.8, 4) is 0 Å². The maximum absolute atomic E-state index is 13.1. The Morgan fingerprint density at radius 1 is 1.23 bits per heavy atom. The fraction of sp³-hybridized carbons (Fsp3) is 0.476.